The third kappa shape index (κ3) is 3.40. The van der Waals surface area contributed by atoms with E-state index in [0.717, 1.165) is 32.4 Å². The molecule has 0 radical (unpaired) electrons. The van der Waals surface area contributed by atoms with Gasteiger partial charge in [0.2, 0.25) is 0 Å². The molecule has 0 bridgehead atoms. The molecule has 1 aliphatic heterocycles. The fourth-order valence-electron chi connectivity index (χ4n) is 4.31. The monoisotopic (exact) mass is 307 g/mol. The molecule has 1 aromatic carbocycles. The third-order valence-electron chi connectivity index (χ3n) is 5.22. The summed E-state index contributed by atoms with van der Waals surface area (Å²) in [4.78, 5) is 2.58. The zero-order valence-corrected chi connectivity index (χ0v) is 14.2. The van der Waals surface area contributed by atoms with E-state index < -0.39 is 0 Å². The summed E-state index contributed by atoms with van der Waals surface area (Å²) in [6, 6.07) is 10.9. The normalized spacial score (nSPS) is 23.3. The first-order valence-corrected chi connectivity index (χ1v) is 8.47. The van der Waals surface area contributed by atoms with E-state index in [-0.39, 0.29) is 5.54 Å². The molecule has 2 unspecified atom stereocenters. The molecule has 1 saturated heterocycles. The first kappa shape index (κ1) is 17.5. The van der Waals surface area contributed by atoms with Gasteiger partial charge in [0.25, 0.3) is 0 Å². The summed E-state index contributed by atoms with van der Waals surface area (Å²) in [6.45, 7) is 18.0. The van der Waals surface area contributed by atoms with Crippen molar-refractivity contribution in [3.63, 3.8) is 0 Å². The molecule has 0 spiro atoms. The Morgan fingerprint density at radius 2 is 1.61 bits per heavy atom. The van der Waals surface area contributed by atoms with Gasteiger partial charge >= 0.3 is 0 Å². The highest BCUT2D eigenvalue weighted by molar-refractivity contribution is 5.27. The predicted molar refractivity (Wildman–Crippen MR) is 102 cm³/mol. The largest absolute Gasteiger partial charge is 0.292 e. The Kier molecular flexibility index (Phi) is 6.18. The summed E-state index contributed by atoms with van der Waals surface area (Å²) in [5.41, 5.74) is 1.48. The predicted octanol–water partition coefficient (Wildman–Crippen LogP) is 5.36. The van der Waals surface area contributed by atoms with Crippen molar-refractivity contribution < 1.29 is 0 Å². The number of allylic oxidation sites excluding steroid dienone is 1. The Morgan fingerprint density at radius 1 is 0.957 bits per heavy atom. The van der Waals surface area contributed by atoms with Crippen molar-refractivity contribution in [2.75, 3.05) is 13.1 Å². The van der Waals surface area contributed by atoms with E-state index in [9.17, 15) is 0 Å². The number of rotatable bonds is 9. The van der Waals surface area contributed by atoms with Gasteiger partial charge in [-0.25, -0.2) is 0 Å². The average Bonchev–Trinajstić information content (AvgIpc) is 2.84. The molecule has 2 rings (SSSR count). The van der Waals surface area contributed by atoms with E-state index in [0.29, 0.717) is 11.8 Å². The van der Waals surface area contributed by atoms with Gasteiger partial charge in [0.15, 0.2) is 0 Å². The Balaban J connectivity index is 2.49. The topological polar surface area (TPSA) is 3.24 Å². The summed E-state index contributed by atoms with van der Waals surface area (Å²) in [5.74, 6) is 1.02. The molecule has 0 N–H and O–H groups in total. The SMILES string of the molecule is C=CCC1C(c2ccccc2)CN(CC=C)C1(CC=C)CC=C. The van der Waals surface area contributed by atoms with Crippen LogP contribution >= 0.6 is 0 Å². The molecule has 2 atom stereocenters. The lowest BCUT2D eigenvalue weighted by atomic mass is 9.72. The standard InChI is InChI=1S/C22H29N/c1-5-12-21-20(19-13-10-9-11-14-19)18-23(17-8-4)22(21,15-6-2)16-7-3/h5-11,13-14,20-21H,1-4,12,15-18H2. The molecule has 1 heteroatoms. The molecule has 1 nitrogen and oxygen atoms in total. The van der Waals surface area contributed by atoms with Crippen molar-refractivity contribution in [3.8, 4) is 0 Å². The lowest BCUT2D eigenvalue weighted by Crippen LogP contribution is -2.47. The molecule has 0 aromatic heterocycles. The molecule has 1 aliphatic rings. The van der Waals surface area contributed by atoms with E-state index >= 15 is 0 Å². The summed E-state index contributed by atoms with van der Waals surface area (Å²) >= 11 is 0. The number of benzene rings is 1. The average molecular weight is 307 g/mol. The van der Waals surface area contributed by atoms with Crippen molar-refractivity contribution >= 4 is 0 Å². The summed E-state index contributed by atoms with van der Waals surface area (Å²) in [6.07, 6.45) is 11.1. The van der Waals surface area contributed by atoms with Crippen molar-refractivity contribution in [2.24, 2.45) is 5.92 Å². The molecule has 1 aromatic rings. The Morgan fingerprint density at radius 3 is 2.13 bits per heavy atom. The van der Waals surface area contributed by atoms with Gasteiger partial charge in [0.05, 0.1) is 0 Å². The number of hydrogen-bond acceptors (Lipinski definition) is 1. The van der Waals surface area contributed by atoms with E-state index in [1.165, 1.54) is 5.56 Å². The minimum absolute atomic E-state index is 0.0619. The van der Waals surface area contributed by atoms with Gasteiger partial charge < -0.3 is 0 Å². The molecule has 0 amide bonds. The van der Waals surface area contributed by atoms with Crippen LogP contribution < -0.4 is 0 Å². The van der Waals surface area contributed by atoms with Crippen LogP contribution in [0.1, 0.15) is 30.7 Å². The van der Waals surface area contributed by atoms with E-state index in [1.54, 1.807) is 0 Å². The molecule has 23 heavy (non-hydrogen) atoms. The van der Waals surface area contributed by atoms with Crippen LogP contribution in [-0.2, 0) is 0 Å². The van der Waals surface area contributed by atoms with Gasteiger partial charge in [0.1, 0.15) is 0 Å². The van der Waals surface area contributed by atoms with Crippen LogP contribution in [0.2, 0.25) is 0 Å². The van der Waals surface area contributed by atoms with E-state index in [2.05, 4.69) is 79.8 Å². The van der Waals surface area contributed by atoms with Crippen molar-refractivity contribution in [3.05, 3.63) is 86.5 Å². The molecular formula is C22H29N. The minimum atomic E-state index is 0.0619. The number of likely N-dealkylation sites (tertiary alicyclic amines) is 1. The second-order valence-corrected chi connectivity index (χ2v) is 6.43. The highest BCUT2D eigenvalue weighted by atomic mass is 15.2. The van der Waals surface area contributed by atoms with Gasteiger partial charge in [-0.1, -0.05) is 54.6 Å². The van der Waals surface area contributed by atoms with Gasteiger partial charge in [-0.3, -0.25) is 4.90 Å². The molecular weight excluding hydrogens is 278 g/mol. The van der Waals surface area contributed by atoms with Crippen molar-refractivity contribution in [2.45, 2.75) is 30.7 Å². The quantitative estimate of drug-likeness (QED) is 0.555. The van der Waals surface area contributed by atoms with E-state index in [4.69, 9.17) is 0 Å². The van der Waals surface area contributed by atoms with Crippen LogP contribution in [0.5, 0.6) is 0 Å². The zero-order chi connectivity index (χ0) is 16.7. The van der Waals surface area contributed by atoms with Gasteiger partial charge in [-0.05, 0) is 30.7 Å². The lowest BCUT2D eigenvalue weighted by molar-refractivity contribution is 0.117. The maximum atomic E-state index is 4.03. The van der Waals surface area contributed by atoms with Crippen LogP contribution in [0, 0.1) is 5.92 Å². The minimum Gasteiger partial charge on any atom is -0.292 e. The summed E-state index contributed by atoms with van der Waals surface area (Å²) < 4.78 is 0. The third-order valence-corrected chi connectivity index (χ3v) is 5.22. The fraction of sp³-hybridized carbons (Fsp3) is 0.364. The Hall–Kier alpha value is -1.86. The maximum Gasteiger partial charge on any atom is 0.0319 e. The van der Waals surface area contributed by atoms with Crippen molar-refractivity contribution in [1.29, 1.82) is 0 Å². The first-order valence-electron chi connectivity index (χ1n) is 8.47. The van der Waals surface area contributed by atoms with E-state index in [1.807, 2.05) is 6.08 Å². The maximum absolute atomic E-state index is 4.03. The molecule has 0 saturated carbocycles. The van der Waals surface area contributed by atoms with Gasteiger partial charge in [-0.15, -0.1) is 26.3 Å². The smallest absolute Gasteiger partial charge is 0.0319 e. The van der Waals surface area contributed by atoms with Gasteiger partial charge in [0, 0.05) is 24.5 Å². The summed E-state index contributed by atoms with van der Waals surface area (Å²) in [7, 11) is 0. The van der Waals surface area contributed by atoms with Crippen LogP contribution in [-0.4, -0.2) is 23.5 Å². The molecule has 1 heterocycles. The molecule has 122 valence electrons. The highest BCUT2D eigenvalue weighted by Crippen LogP contribution is 2.50. The van der Waals surface area contributed by atoms with Crippen LogP contribution in [0.3, 0.4) is 0 Å². The summed E-state index contributed by atoms with van der Waals surface area (Å²) in [5, 5.41) is 0. The van der Waals surface area contributed by atoms with Crippen LogP contribution in [0.15, 0.2) is 81.0 Å². The lowest BCUT2D eigenvalue weighted by Gasteiger charge is -2.42. The second-order valence-electron chi connectivity index (χ2n) is 6.43. The Bertz CT molecular complexity index is 532. The number of nitrogens with zero attached hydrogens (tertiary/aromatic N) is 1. The highest BCUT2D eigenvalue weighted by Gasteiger charge is 2.51. The first-order chi connectivity index (χ1) is 11.2. The Labute approximate surface area is 141 Å². The van der Waals surface area contributed by atoms with Crippen LogP contribution in [0.25, 0.3) is 0 Å². The van der Waals surface area contributed by atoms with Crippen LogP contribution in [0.4, 0.5) is 0 Å². The van der Waals surface area contributed by atoms with Gasteiger partial charge in [-0.2, -0.15) is 0 Å². The molecule has 1 fully saturated rings. The van der Waals surface area contributed by atoms with Crippen molar-refractivity contribution in [1.82, 2.24) is 4.90 Å². The molecule has 0 aliphatic carbocycles. The fourth-order valence-corrected chi connectivity index (χ4v) is 4.31. The second kappa shape index (κ2) is 8.12. The zero-order valence-electron chi connectivity index (χ0n) is 14.2. The number of hydrogen-bond donors (Lipinski definition) is 0.